The van der Waals surface area contributed by atoms with Gasteiger partial charge in [0.15, 0.2) is 0 Å². The number of aliphatic hydroxyl groups excluding tert-OH is 2. The van der Waals surface area contributed by atoms with Crippen molar-refractivity contribution >= 4 is 7.85 Å². The Bertz CT molecular complexity index is 188. The highest BCUT2D eigenvalue weighted by Crippen LogP contribution is 2.38. The van der Waals surface area contributed by atoms with E-state index in [4.69, 9.17) is 22.4 Å². The zero-order valence-electron chi connectivity index (χ0n) is 6.64. The Labute approximate surface area is 71.9 Å². The van der Waals surface area contributed by atoms with Crippen LogP contribution in [0.5, 0.6) is 0 Å². The van der Waals surface area contributed by atoms with Gasteiger partial charge in [-0.2, -0.15) is 0 Å². The van der Waals surface area contributed by atoms with Crippen molar-refractivity contribution in [3.05, 3.63) is 0 Å². The molecule has 0 amide bonds. The Balaban J connectivity index is 2.24. The van der Waals surface area contributed by atoms with Gasteiger partial charge in [0, 0.05) is 11.9 Å². The van der Waals surface area contributed by atoms with E-state index in [-0.39, 0.29) is 19.1 Å². The summed E-state index contributed by atoms with van der Waals surface area (Å²) < 4.78 is 10.5. The molecule has 2 aliphatic rings. The van der Waals surface area contributed by atoms with E-state index in [0.29, 0.717) is 6.61 Å². The van der Waals surface area contributed by atoms with Crippen molar-refractivity contribution < 1.29 is 19.7 Å². The van der Waals surface area contributed by atoms with Crippen LogP contribution in [0.15, 0.2) is 0 Å². The van der Waals surface area contributed by atoms with Crippen LogP contribution in [0.25, 0.3) is 0 Å². The standard InChI is InChI=1S/C7H11BO4/c8-6-4-1-11-3-7(2-9,12-6)5(4)10/h4-6,9-10H,1-3H2/t4?,5-,6-,7?/m1/s1. The lowest BCUT2D eigenvalue weighted by molar-refractivity contribution is -0.153. The molecule has 0 aromatic carbocycles. The second-order valence-corrected chi connectivity index (χ2v) is 3.43. The van der Waals surface area contributed by atoms with Gasteiger partial charge in [0.05, 0.1) is 25.9 Å². The number of aliphatic hydroxyl groups is 2. The van der Waals surface area contributed by atoms with E-state index in [1.54, 1.807) is 0 Å². The SMILES string of the molecule is [B][C@@H]1OC2(CO)COCC1[C@H]2O. The molecule has 66 valence electrons. The van der Waals surface area contributed by atoms with Gasteiger partial charge in [-0.1, -0.05) is 0 Å². The molecule has 2 fully saturated rings. The minimum atomic E-state index is -0.970. The fraction of sp³-hybridized carbons (Fsp3) is 1.00. The van der Waals surface area contributed by atoms with E-state index >= 15 is 0 Å². The summed E-state index contributed by atoms with van der Waals surface area (Å²) in [5, 5.41) is 18.7. The first-order chi connectivity index (χ1) is 5.69. The van der Waals surface area contributed by atoms with Gasteiger partial charge < -0.3 is 19.7 Å². The molecule has 0 saturated carbocycles. The van der Waals surface area contributed by atoms with Gasteiger partial charge in [-0.3, -0.25) is 0 Å². The van der Waals surface area contributed by atoms with Crippen LogP contribution in [0, 0.1) is 5.92 Å². The van der Waals surface area contributed by atoms with E-state index in [2.05, 4.69) is 0 Å². The molecule has 2 heterocycles. The van der Waals surface area contributed by atoms with Crippen LogP contribution in [0.2, 0.25) is 0 Å². The van der Waals surface area contributed by atoms with Crippen molar-refractivity contribution in [2.75, 3.05) is 19.8 Å². The van der Waals surface area contributed by atoms with Gasteiger partial charge in [0.25, 0.3) is 0 Å². The summed E-state index contributed by atoms with van der Waals surface area (Å²) in [6, 6.07) is -0.519. The van der Waals surface area contributed by atoms with Crippen molar-refractivity contribution in [3.63, 3.8) is 0 Å². The molecule has 0 aliphatic carbocycles. The Hall–Kier alpha value is -0.0951. The molecular weight excluding hydrogens is 159 g/mol. The number of hydrogen-bond donors (Lipinski definition) is 2. The number of hydrogen-bond acceptors (Lipinski definition) is 4. The van der Waals surface area contributed by atoms with Gasteiger partial charge in [-0.05, 0) is 0 Å². The maximum absolute atomic E-state index is 9.68. The highest BCUT2D eigenvalue weighted by atomic mass is 16.6. The van der Waals surface area contributed by atoms with E-state index in [1.165, 1.54) is 0 Å². The Morgan fingerprint density at radius 1 is 1.58 bits per heavy atom. The number of fused-ring (bicyclic) bond motifs is 2. The summed E-state index contributed by atoms with van der Waals surface area (Å²) in [4.78, 5) is 0. The van der Waals surface area contributed by atoms with Crippen LogP contribution in [-0.4, -0.2) is 55.6 Å². The Morgan fingerprint density at radius 2 is 2.33 bits per heavy atom. The third kappa shape index (κ3) is 0.940. The molecule has 0 aromatic rings. The first kappa shape index (κ1) is 8.50. The van der Waals surface area contributed by atoms with Crippen molar-refractivity contribution in [2.45, 2.75) is 17.7 Å². The van der Waals surface area contributed by atoms with E-state index in [1.807, 2.05) is 0 Å². The predicted molar refractivity (Wildman–Crippen MR) is 40.8 cm³/mol. The maximum atomic E-state index is 9.68. The van der Waals surface area contributed by atoms with Gasteiger partial charge in [0.1, 0.15) is 13.4 Å². The largest absolute Gasteiger partial charge is 0.393 e. The molecule has 2 bridgehead atoms. The number of ether oxygens (including phenoxy) is 2. The van der Waals surface area contributed by atoms with E-state index in [0.717, 1.165) is 0 Å². The smallest absolute Gasteiger partial charge is 0.140 e. The van der Waals surface area contributed by atoms with E-state index < -0.39 is 17.7 Å². The first-order valence-corrected chi connectivity index (χ1v) is 4.00. The molecule has 5 heteroatoms. The highest BCUT2D eigenvalue weighted by Gasteiger charge is 2.55. The van der Waals surface area contributed by atoms with Gasteiger partial charge in [-0.15, -0.1) is 0 Å². The molecule has 4 nitrogen and oxygen atoms in total. The summed E-state index contributed by atoms with van der Waals surface area (Å²) in [6.07, 6.45) is -0.703. The lowest BCUT2D eigenvalue weighted by Gasteiger charge is -2.34. The van der Waals surface area contributed by atoms with Crippen molar-refractivity contribution in [2.24, 2.45) is 5.92 Å². The molecule has 2 radical (unpaired) electrons. The normalized spacial score (nSPS) is 52.7. The van der Waals surface area contributed by atoms with Crippen molar-refractivity contribution in [1.82, 2.24) is 0 Å². The lowest BCUT2D eigenvalue weighted by atomic mass is 9.81. The third-order valence-corrected chi connectivity index (χ3v) is 2.66. The molecule has 2 saturated heterocycles. The second kappa shape index (κ2) is 2.70. The van der Waals surface area contributed by atoms with Crippen LogP contribution in [0.4, 0.5) is 0 Å². The molecule has 4 atom stereocenters. The molecule has 0 aromatic heterocycles. The monoisotopic (exact) mass is 170 g/mol. The zero-order valence-corrected chi connectivity index (χ0v) is 6.64. The van der Waals surface area contributed by atoms with Crippen LogP contribution < -0.4 is 0 Å². The third-order valence-electron chi connectivity index (χ3n) is 2.66. The topological polar surface area (TPSA) is 58.9 Å². The maximum Gasteiger partial charge on any atom is 0.140 e. The molecular formula is C7H11BO4. The quantitative estimate of drug-likeness (QED) is 0.458. The fourth-order valence-corrected chi connectivity index (χ4v) is 1.85. The molecule has 0 spiro atoms. The van der Waals surface area contributed by atoms with Gasteiger partial charge >= 0.3 is 0 Å². The molecule has 2 rings (SSSR count). The average Bonchev–Trinajstić information content (AvgIpc) is 2.23. The van der Waals surface area contributed by atoms with E-state index in [9.17, 15) is 5.11 Å². The van der Waals surface area contributed by atoms with Crippen LogP contribution in [0.3, 0.4) is 0 Å². The Morgan fingerprint density at radius 3 is 2.92 bits per heavy atom. The Kier molecular flexibility index (Phi) is 1.91. The molecule has 12 heavy (non-hydrogen) atoms. The van der Waals surface area contributed by atoms with Crippen molar-refractivity contribution in [1.29, 1.82) is 0 Å². The lowest BCUT2D eigenvalue weighted by Crippen LogP contribution is -2.52. The molecule has 2 aliphatic heterocycles. The summed E-state index contributed by atoms with van der Waals surface area (Å²) in [5.41, 5.74) is -0.970. The first-order valence-electron chi connectivity index (χ1n) is 4.00. The highest BCUT2D eigenvalue weighted by molar-refractivity contribution is 6.11. The minimum absolute atomic E-state index is 0.203. The van der Waals surface area contributed by atoms with Gasteiger partial charge in [0.2, 0.25) is 0 Å². The van der Waals surface area contributed by atoms with Gasteiger partial charge in [-0.25, -0.2) is 0 Å². The number of rotatable bonds is 1. The molecule has 2 unspecified atom stereocenters. The summed E-state index contributed by atoms with van der Waals surface area (Å²) >= 11 is 0. The van der Waals surface area contributed by atoms with Crippen LogP contribution >= 0.6 is 0 Å². The average molecular weight is 170 g/mol. The second-order valence-electron chi connectivity index (χ2n) is 3.43. The minimum Gasteiger partial charge on any atom is -0.393 e. The van der Waals surface area contributed by atoms with Crippen LogP contribution in [-0.2, 0) is 9.47 Å². The molecule has 2 N–H and O–H groups in total. The summed E-state index contributed by atoms with van der Waals surface area (Å²) in [5.74, 6) is -0.203. The summed E-state index contributed by atoms with van der Waals surface area (Å²) in [6.45, 7) is 0.372. The fourth-order valence-electron chi connectivity index (χ4n) is 1.85. The summed E-state index contributed by atoms with van der Waals surface area (Å²) in [7, 11) is 5.60. The zero-order chi connectivity index (χ0) is 8.77. The van der Waals surface area contributed by atoms with Crippen molar-refractivity contribution in [3.8, 4) is 0 Å². The van der Waals surface area contributed by atoms with Crippen LogP contribution in [0.1, 0.15) is 0 Å². The predicted octanol–water partition coefficient (Wildman–Crippen LogP) is -1.75.